The number of halogens is 2. The molecule has 2 aromatic rings. The first-order chi connectivity index (χ1) is 13.5. The zero-order valence-electron chi connectivity index (χ0n) is 17.2. The minimum atomic E-state index is -0.807. The molecular formula is C21H29FIN3O3. The largest absolute Gasteiger partial charge is 0.497 e. The highest BCUT2D eigenvalue weighted by Gasteiger charge is 2.13. The van der Waals surface area contributed by atoms with Crippen LogP contribution in [0.5, 0.6) is 11.5 Å². The van der Waals surface area contributed by atoms with Gasteiger partial charge in [-0.15, -0.1) is 24.0 Å². The van der Waals surface area contributed by atoms with Gasteiger partial charge in [-0.2, -0.15) is 0 Å². The van der Waals surface area contributed by atoms with Crippen molar-refractivity contribution in [2.24, 2.45) is 4.99 Å². The minimum Gasteiger partial charge on any atom is -0.497 e. The summed E-state index contributed by atoms with van der Waals surface area (Å²) in [6, 6.07) is 11.5. The van der Waals surface area contributed by atoms with Crippen LogP contribution in [-0.4, -0.2) is 50.3 Å². The van der Waals surface area contributed by atoms with Gasteiger partial charge in [0.25, 0.3) is 0 Å². The summed E-state index contributed by atoms with van der Waals surface area (Å²) < 4.78 is 23.7. The maximum Gasteiger partial charge on any atom is 0.194 e. The van der Waals surface area contributed by atoms with Gasteiger partial charge in [0.15, 0.2) is 5.96 Å². The summed E-state index contributed by atoms with van der Waals surface area (Å²) in [6.07, 6.45) is -0.807. The van der Waals surface area contributed by atoms with Gasteiger partial charge in [0.2, 0.25) is 0 Å². The Morgan fingerprint density at radius 1 is 1.17 bits per heavy atom. The van der Waals surface area contributed by atoms with Crippen molar-refractivity contribution in [3.8, 4) is 11.5 Å². The van der Waals surface area contributed by atoms with Crippen LogP contribution in [0.25, 0.3) is 0 Å². The summed E-state index contributed by atoms with van der Waals surface area (Å²) in [5.41, 5.74) is 1.61. The minimum absolute atomic E-state index is 0. The Balaban J connectivity index is 0.00000420. The van der Waals surface area contributed by atoms with Crippen LogP contribution < -0.4 is 14.8 Å². The Kier molecular flexibility index (Phi) is 10.7. The van der Waals surface area contributed by atoms with Crippen molar-refractivity contribution in [1.82, 2.24) is 10.2 Å². The Morgan fingerprint density at radius 3 is 2.45 bits per heavy atom. The lowest BCUT2D eigenvalue weighted by Crippen LogP contribution is -2.38. The number of hydrogen-bond acceptors (Lipinski definition) is 4. The van der Waals surface area contributed by atoms with E-state index in [1.54, 1.807) is 26.4 Å². The molecule has 0 aliphatic carbocycles. The van der Waals surface area contributed by atoms with Gasteiger partial charge in [0, 0.05) is 31.8 Å². The molecule has 0 bridgehead atoms. The summed E-state index contributed by atoms with van der Waals surface area (Å²) in [5.74, 6) is 1.78. The molecule has 1 unspecified atom stereocenters. The first-order valence-corrected chi connectivity index (χ1v) is 9.12. The third-order valence-electron chi connectivity index (χ3n) is 4.27. The molecule has 0 spiro atoms. The van der Waals surface area contributed by atoms with Gasteiger partial charge in [-0.3, -0.25) is 4.99 Å². The first kappa shape index (κ1) is 25.0. The standard InChI is InChI=1S/C21H28FN3O3.HI/c1-5-23-21(24-13-19(26)15-6-9-17(22)10-7-15)25(2)14-16-8-11-18(27-3)12-20(16)28-4;/h6-12,19,26H,5,13-14H2,1-4H3,(H,23,24);1H. The van der Waals surface area contributed by atoms with E-state index in [0.717, 1.165) is 17.1 Å². The van der Waals surface area contributed by atoms with Crippen LogP contribution in [0.15, 0.2) is 47.5 Å². The van der Waals surface area contributed by atoms with Gasteiger partial charge in [-0.25, -0.2) is 4.39 Å². The number of guanidine groups is 1. The molecule has 0 aliphatic heterocycles. The van der Waals surface area contributed by atoms with Crippen molar-refractivity contribution in [2.75, 3.05) is 34.4 Å². The summed E-state index contributed by atoms with van der Waals surface area (Å²) in [6.45, 7) is 3.40. The first-order valence-electron chi connectivity index (χ1n) is 9.12. The molecule has 0 heterocycles. The van der Waals surface area contributed by atoms with E-state index >= 15 is 0 Å². The third-order valence-corrected chi connectivity index (χ3v) is 4.27. The molecule has 2 rings (SSSR count). The predicted molar refractivity (Wildman–Crippen MR) is 124 cm³/mol. The lowest BCUT2D eigenvalue weighted by atomic mass is 10.1. The monoisotopic (exact) mass is 517 g/mol. The molecule has 0 aliphatic rings. The van der Waals surface area contributed by atoms with E-state index in [9.17, 15) is 9.50 Å². The smallest absolute Gasteiger partial charge is 0.194 e. The second-order valence-corrected chi connectivity index (χ2v) is 6.30. The maximum atomic E-state index is 13.0. The number of aliphatic imine (C=N–C) groups is 1. The maximum absolute atomic E-state index is 13.0. The lowest BCUT2D eigenvalue weighted by Gasteiger charge is -2.23. The van der Waals surface area contributed by atoms with Crippen molar-refractivity contribution in [3.05, 3.63) is 59.4 Å². The molecule has 2 N–H and O–H groups in total. The van der Waals surface area contributed by atoms with E-state index in [4.69, 9.17) is 9.47 Å². The van der Waals surface area contributed by atoms with Crippen molar-refractivity contribution in [3.63, 3.8) is 0 Å². The molecule has 29 heavy (non-hydrogen) atoms. The van der Waals surface area contributed by atoms with Gasteiger partial charge in [0.05, 0.1) is 26.9 Å². The topological polar surface area (TPSA) is 66.3 Å². The normalized spacial score (nSPS) is 12.0. The number of nitrogens with one attached hydrogen (secondary N) is 1. The quantitative estimate of drug-likeness (QED) is 0.319. The van der Waals surface area contributed by atoms with E-state index in [1.807, 2.05) is 37.1 Å². The summed E-state index contributed by atoms with van der Waals surface area (Å²) in [5, 5.41) is 13.5. The van der Waals surface area contributed by atoms with E-state index in [1.165, 1.54) is 12.1 Å². The molecule has 0 amide bonds. The fourth-order valence-electron chi connectivity index (χ4n) is 2.75. The summed E-state index contributed by atoms with van der Waals surface area (Å²) in [4.78, 5) is 6.47. The number of nitrogens with zero attached hydrogens (tertiary/aromatic N) is 2. The molecule has 8 heteroatoms. The highest BCUT2D eigenvalue weighted by Crippen LogP contribution is 2.25. The average molecular weight is 517 g/mol. The van der Waals surface area contributed by atoms with Crippen molar-refractivity contribution < 1.29 is 19.0 Å². The Morgan fingerprint density at radius 2 is 1.86 bits per heavy atom. The molecule has 0 fully saturated rings. The Hall–Kier alpha value is -2.07. The predicted octanol–water partition coefficient (Wildman–Crippen LogP) is 3.59. The van der Waals surface area contributed by atoms with E-state index in [0.29, 0.717) is 24.6 Å². The van der Waals surface area contributed by atoms with Crippen molar-refractivity contribution in [1.29, 1.82) is 0 Å². The molecule has 6 nitrogen and oxygen atoms in total. The van der Waals surface area contributed by atoms with Crippen LogP contribution >= 0.6 is 24.0 Å². The van der Waals surface area contributed by atoms with Crippen LogP contribution in [0.1, 0.15) is 24.2 Å². The van der Waals surface area contributed by atoms with Gasteiger partial charge < -0.3 is 24.8 Å². The molecule has 1 atom stereocenters. The SMILES string of the molecule is CCNC(=NCC(O)c1ccc(F)cc1)N(C)Cc1ccc(OC)cc1OC.I. The van der Waals surface area contributed by atoms with Crippen LogP contribution in [-0.2, 0) is 6.54 Å². The number of methoxy groups -OCH3 is 2. The van der Waals surface area contributed by atoms with Crippen LogP contribution in [0, 0.1) is 5.82 Å². The van der Waals surface area contributed by atoms with Gasteiger partial charge in [-0.05, 0) is 36.8 Å². The zero-order chi connectivity index (χ0) is 20.5. The number of rotatable bonds is 8. The summed E-state index contributed by atoms with van der Waals surface area (Å²) >= 11 is 0. The molecule has 160 valence electrons. The van der Waals surface area contributed by atoms with Crippen LogP contribution in [0.2, 0.25) is 0 Å². The molecule has 0 aromatic heterocycles. The van der Waals surface area contributed by atoms with Crippen LogP contribution in [0.4, 0.5) is 4.39 Å². The molecular weight excluding hydrogens is 488 g/mol. The fourth-order valence-corrected chi connectivity index (χ4v) is 2.75. The summed E-state index contributed by atoms with van der Waals surface area (Å²) in [7, 11) is 5.15. The highest BCUT2D eigenvalue weighted by molar-refractivity contribution is 14.0. The fraction of sp³-hybridized carbons (Fsp3) is 0.381. The van der Waals surface area contributed by atoms with E-state index in [-0.39, 0.29) is 36.3 Å². The highest BCUT2D eigenvalue weighted by atomic mass is 127. The Labute approximate surface area is 188 Å². The van der Waals surface area contributed by atoms with Crippen LogP contribution in [0.3, 0.4) is 0 Å². The molecule has 0 saturated heterocycles. The van der Waals surface area contributed by atoms with Crippen molar-refractivity contribution >= 4 is 29.9 Å². The van der Waals surface area contributed by atoms with E-state index in [2.05, 4.69) is 10.3 Å². The second kappa shape index (κ2) is 12.5. The molecule has 0 radical (unpaired) electrons. The van der Waals surface area contributed by atoms with Gasteiger partial charge in [0.1, 0.15) is 17.3 Å². The van der Waals surface area contributed by atoms with Gasteiger partial charge in [-0.1, -0.05) is 12.1 Å². The second-order valence-electron chi connectivity index (χ2n) is 6.30. The number of ether oxygens (including phenoxy) is 2. The van der Waals surface area contributed by atoms with E-state index < -0.39 is 6.10 Å². The third kappa shape index (κ3) is 7.36. The number of aliphatic hydroxyl groups is 1. The Bertz CT molecular complexity index is 787. The number of aliphatic hydroxyl groups excluding tert-OH is 1. The number of hydrogen-bond donors (Lipinski definition) is 2. The molecule has 0 saturated carbocycles. The molecule has 2 aromatic carbocycles. The number of benzene rings is 2. The van der Waals surface area contributed by atoms with Crippen molar-refractivity contribution in [2.45, 2.75) is 19.6 Å². The zero-order valence-corrected chi connectivity index (χ0v) is 19.5. The average Bonchev–Trinajstić information content (AvgIpc) is 2.71. The lowest BCUT2D eigenvalue weighted by molar-refractivity contribution is 0.186. The van der Waals surface area contributed by atoms with Gasteiger partial charge >= 0.3 is 0 Å².